The number of rotatable bonds is 5. The first-order valence-electron chi connectivity index (χ1n) is 7.42. The molecule has 0 saturated carbocycles. The second-order valence-corrected chi connectivity index (χ2v) is 7.37. The second kappa shape index (κ2) is 7.87. The van der Waals surface area contributed by atoms with Crippen LogP contribution in [0.5, 0.6) is 5.75 Å². The maximum Gasteiger partial charge on any atom is 0.257 e. The Labute approximate surface area is 159 Å². The monoisotopic (exact) mass is 392 g/mol. The van der Waals surface area contributed by atoms with E-state index in [4.69, 9.17) is 27.9 Å². The van der Waals surface area contributed by atoms with Crippen molar-refractivity contribution in [3.63, 3.8) is 0 Å². The zero-order chi connectivity index (χ0) is 17.8. The highest BCUT2D eigenvalue weighted by molar-refractivity contribution is 7.15. The van der Waals surface area contributed by atoms with Gasteiger partial charge in [-0.05, 0) is 36.8 Å². The average Bonchev–Trinajstić information content (AvgIpc) is 3.01. The van der Waals surface area contributed by atoms with Gasteiger partial charge in [0, 0.05) is 27.7 Å². The van der Waals surface area contributed by atoms with Crippen LogP contribution in [-0.4, -0.2) is 10.9 Å². The van der Waals surface area contributed by atoms with Gasteiger partial charge < -0.3 is 4.74 Å². The van der Waals surface area contributed by atoms with Crippen molar-refractivity contribution in [1.82, 2.24) is 4.98 Å². The first-order chi connectivity index (χ1) is 12.0. The first kappa shape index (κ1) is 17.7. The molecule has 1 aromatic heterocycles. The summed E-state index contributed by atoms with van der Waals surface area (Å²) >= 11 is 13.5. The van der Waals surface area contributed by atoms with Crippen LogP contribution in [0.15, 0.2) is 48.7 Å². The van der Waals surface area contributed by atoms with Crippen LogP contribution in [0.25, 0.3) is 0 Å². The molecule has 0 fully saturated rings. The molecule has 0 aliphatic rings. The fourth-order valence-corrected chi connectivity index (χ4v) is 3.13. The summed E-state index contributed by atoms with van der Waals surface area (Å²) in [6, 6.07) is 12.2. The molecule has 1 N–H and O–H groups in total. The normalized spacial score (nSPS) is 10.5. The van der Waals surface area contributed by atoms with Gasteiger partial charge in [0.2, 0.25) is 0 Å². The molecule has 128 valence electrons. The number of nitrogens with zero attached hydrogens (tertiary/aromatic N) is 1. The van der Waals surface area contributed by atoms with Crippen LogP contribution in [0.4, 0.5) is 5.13 Å². The van der Waals surface area contributed by atoms with Gasteiger partial charge in [-0.1, -0.05) is 35.3 Å². The molecule has 0 aliphatic carbocycles. The molecule has 0 unspecified atom stereocenters. The van der Waals surface area contributed by atoms with Crippen molar-refractivity contribution in [3.8, 4) is 5.75 Å². The minimum atomic E-state index is -0.211. The molecule has 3 rings (SSSR count). The third kappa shape index (κ3) is 4.72. The summed E-state index contributed by atoms with van der Waals surface area (Å²) in [6.45, 7) is 2.21. The van der Waals surface area contributed by atoms with Crippen LogP contribution in [0.3, 0.4) is 0 Å². The van der Waals surface area contributed by atoms with Gasteiger partial charge >= 0.3 is 0 Å². The Balaban J connectivity index is 1.68. The van der Waals surface area contributed by atoms with Crippen molar-refractivity contribution in [1.29, 1.82) is 0 Å². The SMILES string of the molecule is Cc1cnc(NC(=O)c2cccc(COc3cc(Cl)ccc3Cl)c2)s1. The summed E-state index contributed by atoms with van der Waals surface area (Å²) in [4.78, 5) is 17.5. The molecule has 1 amide bonds. The minimum absolute atomic E-state index is 0.211. The summed E-state index contributed by atoms with van der Waals surface area (Å²) in [6.07, 6.45) is 1.72. The molecule has 0 saturated heterocycles. The Kier molecular flexibility index (Phi) is 5.58. The molecular weight excluding hydrogens is 379 g/mol. The Morgan fingerprint density at radius 3 is 2.84 bits per heavy atom. The average molecular weight is 393 g/mol. The molecule has 7 heteroatoms. The molecule has 3 aromatic rings. The van der Waals surface area contributed by atoms with Crippen molar-refractivity contribution in [2.75, 3.05) is 5.32 Å². The van der Waals surface area contributed by atoms with Gasteiger partial charge in [0.1, 0.15) is 12.4 Å². The van der Waals surface area contributed by atoms with Gasteiger partial charge in [-0.3, -0.25) is 10.1 Å². The number of hydrogen-bond acceptors (Lipinski definition) is 4. The Morgan fingerprint density at radius 1 is 1.24 bits per heavy atom. The van der Waals surface area contributed by atoms with E-state index in [0.29, 0.717) is 26.5 Å². The number of carbonyl (C=O) groups is 1. The zero-order valence-corrected chi connectivity index (χ0v) is 15.6. The lowest BCUT2D eigenvalue weighted by atomic mass is 10.1. The molecule has 0 atom stereocenters. The minimum Gasteiger partial charge on any atom is -0.487 e. The van der Waals surface area contributed by atoms with E-state index in [9.17, 15) is 4.79 Å². The van der Waals surface area contributed by atoms with Crippen LogP contribution in [0.1, 0.15) is 20.8 Å². The van der Waals surface area contributed by atoms with E-state index >= 15 is 0 Å². The third-order valence-corrected chi connectivity index (χ3v) is 4.69. The van der Waals surface area contributed by atoms with Crippen molar-refractivity contribution < 1.29 is 9.53 Å². The van der Waals surface area contributed by atoms with E-state index in [0.717, 1.165) is 10.4 Å². The largest absolute Gasteiger partial charge is 0.487 e. The standard InChI is InChI=1S/C18H14Cl2N2O2S/c1-11-9-21-18(25-11)22-17(23)13-4-2-3-12(7-13)10-24-16-8-14(19)5-6-15(16)20/h2-9H,10H2,1H3,(H,21,22,23). The highest BCUT2D eigenvalue weighted by atomic mass is 35.5. The van der Waals surface area contributed by atoms with Crippen molar-refractivity contribution >= 4 is 45.6 Å². The zero-order valence-electron chi connectivity index (χ0n) is 13.3. The van der Waals surface area contributed by atoms with E-state index in [1.54, 1.807) is 42.6 Å². The topological polar surface area (TPSA) is 51.2 Å². The van der Waals surface area contributed by atoms with Gasteiger partial charge in [0.25, 0.3) is 5.91 Å². The molecule has 4 nitrogen and oxygen atoms in total. The highest BCUT2D eigenvalue weighted by Crippen LogP contribution is 2.28. The van der Waals surface area contributed by atoms with Crippen LogP contribution in [0, 0.1) is 6.92 Å². The molecule has 1 heterocycles. The van der Waals surface area contributed by atoms with E-state index in [1.165, 1.54) is 11.3 Å². The molecule has 0 spiro atoms. The maximum absolute atomic E-state index is 12.3. The maximum atomic E-state index is 12.3. The fourth-order valence-electron chi connectivity index (χ4n) is 2.13. The van der Waals surface area contributed by atoms with Crippen LogP contribution in [-0.2, 0) is 6.61 Å². The van der Waals surface area contributed by atoms with Crippen LogP contribution < -0.4 is 10.1 Å². The number of aryl methyl sites for hydroxylation is 1. The van der Waals surface area contributed by atoms with Crippen molar-refractivity contribution in [2.24, 2.45) is 0 Å². The van der Waals surface area contributed by atoms with E-state index in [2.05, 4.69) is 10.3 Å². The number of halogens is 2. The summed E-state index contributed by atoms with van der Waals surface area (Å²) in [5, 5.41) is 4.40. The number of nitrogens with one attached hydrogen (secondary N) is 1. The molecule has 25 heavy (non-hydrogen) atoms. The third-order valence-electron chi connectivity index (χ3n) is 3.32. The molecule has 2 aromatic carbocycles. The van der Waals surface area contributed by atoms with E-state index in [1.807, 2.05) is 13.0 Å². The lowest BCUT2D eigenvalue weighted by Crippen LogP contribution is -2.12. The summed E-state index contributed by atoms with van der Waals surface area (Å²) in [5.41, 5.74) is 1.38. The van der Waals surface area contributed by atoms with Gasteiger partial charge in [-0.2, -0.15) is 0 Å². The predicted octanol–water partition coefficient (Wildman–Crippen LogP) is 5.59. The van der Waals surface area contributed by atoms with Crippen LogP contribution in [0.2, 0.25) is 10.0 Å². The summed E-state index contributed by atoms with van der Waals surface area (Å²) in [7, 11) is 0. The second-order valence-electron chi connectivity index (χ2n) is 5.29. The number of carbonyl (C=O) groups excluding carboxylic acids is 1. The fraction of sp³-hybridized carbons (Fsp3) is 0.111. The van der Waals surface area contributed by atoms with E-state index < -0.39 is 0 Å². The quantitative estimate of drug-likeness (QED) is 0.615. The lowest BCUT2D eigenvalue weighted by Gasteiger charge is -2.09. The Hall–Kier alpha value is -2.08. The number of aromatic nitrogens is 1. The van der Waals surface area contributed by atoms with Gasteiger partial charge in [0.15, 0.2) is 5.13 Å². The Bertz CT molecular complexity index is 912. The molecule has 0 bridgehead atoms. The lowest BCUT2D eigenvalue weighted by molar-refractivity contribution is 0.102. The van der Waals surface area contributed by atoms with Crippen molar-refractivity contribution in [2.45, 2.75) is 13.5 Å². The highest BCUT2D eigenvalue weighted by Gasteiger charge is 2.10. The van der Waals surface area contributed by atoms with Gasteiger partial charge in [-0.15, -0.1) is 11.3 Å². The van der Waals surface area contributed by atoms with Gasteiger partial charge in [-0.25, -0.2) is 4.98 Å². The number of anilines is 1. The van der Waals surface area contributed by atoms with Crippen molar-refractivity contribution in [3.05, 3.63) is 74.7 Å². The summed E-state index contributed by atoms with van der Waals surface area (Å²) < 4.78 is 5.70. The van der Waals surface area contributed by atoms with E-state index in [-0.39, 0.29) is 12.5 Å². The smallest absolute Gasteiger partial charge is 0.257 e. The van der Waals surface area contributed by atoms with Crippen LogP contribution >= 0.6 is 34.5 Å². The number of thiazole rings is 1. The number of benzene rings is 2. The number of amides is 1. The molecule has 0 aliphatic heterocycles. The number of hydrogen-bond donors (Lipinski definition) is 1. The predicted molar refractivity (Wildman–Crippen MR) is 102 cm³/mol. The summed E-state index contributed by atoms with van der Waals surface area (Å²) in [5.74, 6) is 0.291. The Morgan fingerprint density at radius 2 is 2.08 bits per heavy atom. The number of ether oxygens (including phenoxy) is 1. The molecular formula is C18H14Cl2N2O2S. The van der Waals surface area contributed by atoms with Gasteiger partial charge in [0.05, 0.1) is 5.02 Å². The first-order valence-corrected chi connectivity index (χ1v) is 8.99. The molecule has 0 radical (unpaired) electrons.